The highest BCUT2D eigenvalue weighted by Gasteiger charge is 2.27. The zero-order chi connectivity index (χ0) is 21.5. The lowest BCUT2D eigenvalue weighted by Crippen LogP contribution is -2.55. The Morgan fingerprint density at radius 3 is 2.30 bits per heavy atom. The van der Waals surface area contributed by atoms with Crippen molar-refractivity contribution >= 4 is 11.8 Å². The second kappa shape index (κ2) is 10.2. The summed E-state index contributed by atoms with van der Waals surface area (Å²) >= 11 is 0. The van der Waals surface area contributed by atoms with Gasteiger partial charge < -0.3 is 15.0 Å². The molecule has 0 spiro atoms. The summed E-state index contributed by atoms with van der Waals surface area (Å²) in [6, 6.07) is 13.4. The molecule has 0 radical (unpaired) electrons. The number of benzene rings is 2. The van der Waals surface area contributed by atoms with Gasteiger partial charge in [0.1, 0.15) is 11.6 Å². The molecule has 1 fully saturated rings. The molecule has 30 heavy (non-hydrogen) atoms. The van der Waals surface area contributed by atoms with Crippen molar-refractivity contribution in [2.24, 2.45) is 0 Å². The molecule has 1 atom stereocenters. The number of halogens is 1. The molecule has 1 N–H and O–H groups in total. The van der Waals surface area contributed by atoms with Crippen LogP contribution >= 0.6 is 0 Å². The quantitative estimate of drug-likeness (QED) is 0.757. The molecule has 1 unspecified atom stereocenters. The van der Waals surface area contributed by atoms with Crippen molar-refractivity contribution < 1.29 is 18.7 Å². The van der Waals surface area contributed by atoms with Crippen LogP contribution in [-0.2, 0) is 16.1 Å². The van der Waals surface area contributed by atoms with Crippen LogP contribution in [0.5, 0.6) is 5.75 Å². The van der Waals surface area contributed by atoms with E-state index >= 15 is 0 Å². The molecule has 6 nitrogen and oxygen atoms in total. The predicted molar refractivity (Wildman–Crippen MR) is 113 cm³/mol. The molecule has 1 heterocycles. The molecule has 160 valence electrons. The van der Waals surface area contributed by atoms with Gasteiger partial charge in [-0.05, 0) is 43.7 Å². The molecule has 1 saturated heterocycles. The van der Waals surface area contributed by atoms with Gasteiger partial charge >= 0.3 is 0 Å². The highest BCUT2D eigenvalue weighted by Crippen LogP contribution is 2.12. The van der Waals surface area contributed by atoms with Crippen LogP contribution in [0, 0.1) is 12.7 Å². The summed E-state index contributed by atoms with van der Waals surface area (Å²) in [6.45, 7) is 6.68. The lowest BCUT2D eigenvalue weighted by Gasteiger charge is -2.37. The number of rotatable bonds is 7. The standard InChI is InChI=1S/C23H28FN3O3/c1-17-3-5-19(6-4-17)15-25-23(29)18(2)26-11-13-27(14-12-26)22(28)16-30-21-9-7-20(24)8-10-21/h3-10,18H,11-16H2,1-2H3,(H,25,29). The number of carbonyl (C=O) groups excluding carboxylic acids is 2. The van der Waals surface area contributed by atoms with Crippen LogP contribution in [0.3, 0.4) is 0 Å². The van der Waals surface area contributed by atoms with Crippen LogP contribution in [0.4, 0.5) is 4.39 Å². The smallest absolute Gasteiger partial charge is 0.260 e. The normalized spacial score (nSPS) is 15.5. The minimum absolute atomic E-state index is 0.0185. The van der Waals surface area contributed by atoms with Gasteiger partial charge in [-0.25, -0.2) is 4.39 Å². The maximum absolute atomic E-state index is 12.9. The fourth-order valence-corrected chi connectivity index (χ4v) is 3.33. The minimum Gasteiger partial charge on any atom is -0.484 e. The first-order chi connectivity index (χ1) is 14.4. The van der Waals surface area contributed by atoms with Crippen LogP contribution in [0.15, 0.2) is 48.5 Å². The van der Waals surface area contributed by atoms with Crippen molar-refractivity contribution in [3.63, 3.8) is 0 Å². The number of nitrogens with zero attached hydrogens (tertiary/aromatic N) is 2. The Morgan fingerprint density at radius 2 is 1.67 bits per heavy atom. The maximum Gasteiger partial charge on any atom is 0.260 e. The monoisotopic (exact) mass is 413 g/mol. The molecule has 0 saturated carbocycles. The molecule has 0 aliphatic carbocycles. The minimum atomic E-state index is -0.346. The Labute approximate surface area is 176 Å². The second-order valence-electron chi connectivity index (χ2n) is 7.54. The highest BCUT2D eigenvalue weighted by atomic mass is 19.1. The average Bonchev–Trinajstić information content (AvgIpc) is 2.77. The molecule has 2 aromatic carbocycles. The van der Waals surface area contributed by atoms with E-state index in [1.54, 1.807) is 4.90 Å². The van der Waals surface area contributed by atoms with Gasteiger partial charge in [-0.15, -0.1) is 0 Å². The van der Waals surface area contributed by atoms with E-state index in [4.69, 9.17) is 4.74 Å². The molecule has 0 bridgehead atoms. The fraction of sp³-hybridized carbons (Fsp3) is 0.391. The first-order valence-corrected chi connectivity index (χ1v) is 10.2. The van der Waals surface area contributed by atoms with Gasteiger partial charge in [0.25, 0.3) is 5.91 Å². The van der Waals surface area contributed by atoms with Crippen LogP contribution in [0.25, 0.3) is 0 Å². The Morgan fingerprint density at radius 1 is 1.03 bits per heavy atom. The van der Waals surface area contributed by atoms with Gasteiger partial charge in [0, 0.05) is 32.7 Å². The van der Waals surface area contributed by atoms with E-state index in [0.717, 1.165) is 5.56 Å². The number of ether oxygens (including phenoxy) is 1. The van der Waals surface area contributed by atoms with E-state index in [0.29, 0.717) is 38.5 Å². The summed E-state index contributed by atoms with van der Waals surface area (Å²) in [7, 11) is 0. The number of carbonyl (C=O) groups is 2. The number of nitrogens with one attached hydrogen (secondary N) is 1. The van der Waals surface area contributed by atoms with E-state index in [2.05, 4.69) is 10.2 Å². The number of piperazine rings is 1. The van der Waals surface area contributed by atoms with Crippen molar-refractivity contribution in [3.05, 3.63) is 65.5 Å². The second-order valence-corrected chi connectivity index (χ2v) is 7.54. The van der Waals surface area contributed by atoms with E-state index in [9.17, 15) is 14.0 Å². The Balaban J connectivity index is 1.40. The van der Waals surface area contributed by atoms with Crippen molar-refractivity contribution in [2.45, 2.75) is 26.4 Å². The summed E-state index contributed by atoms with van der Waals surface area (Å²) in [6.07, 6.45) is 0. The zero-order valence-electron chi connectivity index (χ0n) is 17.4. The van der Waals surface area contributed by atoms with Crippen molar-refractivity contribution in [1.82, 2.24) is 15.1 Å². The molecule has 7 heteroatoms. The lowest BCUT2D eigenvalue weighted by molar-refractivity contribution is -0.136. The molecule has 0 aromatic heterocycles. The molecule has 1 aliphatic rings. The highest BCUT2D eigenvalue weighted by molar-refractivity contribution is 5.81. The van der Waals surface area contributed by atoms with Gasteiger partial charge in [-0.1, -0.05) is 29.8 Å². The van der Waals surface area contributed by atoms with Crippen molar-refractivity contribution in [1.29, 1.82) is 0 Å². The van der Waals surface area contributed by atoms with Gasteiger partial charge in [0.2, 0.25) is 5.91 Å². The van der Waals surface area contributed by atoms with E-state index in [-0.39, 0.29) is 30.3 Å². The summed E-state index contributed by atoms with van der Waals surface area (Å²) in [5.41, 5.74) is 2.26. The van der Waals surface area contributed by atoms with E-state index in [1.807, 2.05) is 38.1 Å². The maximum atomic E-state index is 12.9. The summed E-state index contributed by atoms with van der Waals surface area (Å²) in [5.74, 6) is -0.0190. The lowest BCUT2D eigenvalue weighted by atomic mass is 10.1. The fourth-order valence-electron chi connectivity index (χ4n) is 3.33. The van der Waals surface area contributed by atoms with Gasteiger partial charge in [-0.3, -0.25) is 14.5 Å². The molecular weight excluding hydrogens is 385 g/mol. The van der Waals surface area contributed by atoms with Crippen molar-refractivity contribution in [2.75, 3.05) is 32.8 Å². The molecular formula is C23H28FN3O3. The average molecular weight is 413 g/mol. The van der Waals surface area contributed by atoms with Gasteiger partial charge in [-0.2, -0.15) is 0 Å². The van der Waals surface area contributed by atoms with Crippen LogP contribution in [0.2, 0.25) is 0 Å². The third-order valence-corrected chi connectivity index (χ3v) is 5.36. The SMILES string of the molecule is Cc1ccc(CNC(=O)C(C)N2CCN(C(=O)COc3ccc(F)cc3)CC2)cc1. The van der Waals surface area contributed by atoms with Crippen molar-refractivity contribution in [3.8, 4) is 5.75 Å². The Bertz CT molecular complexity index is 847. The first kappa shape index (κ1) is 21.8. The number of amides is 2. The van der Waals surface area contributed by atoms with Gasteiger partial charge in [0.05, 0.1) is 6.04 Å². The Kier molecular flexibility index (Phi) is 7.41. The predicted octanol–water partition coefficient (Wildman–Crippen LogP) is 2.36. The number of hydrogen-bond donors (Lipinski definition) is 1. The first-order valence-electron chi connectivity index (χ1n) is 10.2. The largest absolute Gasteiger partial charge is 0.484 e. The summed E-state index contributed by atoms with van der Waals surface area (Å²) in [5, 5.41) is 2.98. The number of aryl methyl sites for hydroxylation is 1. The molecule has 1 aliphatic heterocycles. The molecule has 3 rings (SSSR count). The number of hydrogen-bond acceptors (Lipinski definition) is 4. The summed E-state index contributed by atoms with van der Waals surface area (Å²) < 4.78 is 18.4. The van der Waals surface area contributed by atoms with Crippen LogP contribution < -0.4 is 10.1 Å². The third kappa shape index (κ3) is 6.03. The molecule has 2 amide bonds. The van der Waals surface area contributed by atoms with E-state index in [1.165, 1.54) is 29.8 Å². The van der Waals surface area contributed by atoms with Crippen LogP contribution in [0.1, 0.15) is 18.1 Å². The summed E-state index contributed by atoms with van der Waals surface area (Å²) in [4.78, 5) is 28.7. The Hall–Kier alpha value is -2.93. The van der Waals surface area contributed by atoms with Gasteiger partial charge in [0.15, 0.2) is 6.61 Å². The zero-order valence-corrected chi connectivity index (χ0v) is 17.4. The van der Waals surface area contributed by atoms with E-state index < -0.39 is 0 Å². The third-order valence-electron chi connectivity index (χ3n) is 5.36. The topological polar surface area (TPSA) is 61.9 Å². The molecule has 2 aromatic rings. The van der Waals surface area contributed by atoms with Crippen LogP contribution in [-0.4, -0.2) is 60.4 Å².